The number of carboxylic acid groups (broad SMARTS) is 2. The van der Waals surface area contributed by atoms with Gasteiger partial charge in [-0.2, -0.15) is 26.3 Å². The number of fused-ring (bicyclic) bond motifs is 1. The Bertz CT molecular complexity index is 1030. The molecular formula is C22H23F6N3O6S. The molecule has 2 atom stereocenters. The van der Waals surface area contributed by atoms with Crippen molar-refractivity contribution in [2.24, 2.45) is 0 Å². The summed E-state index contributed by atoms with van der Waals surface area (Å²) < 4.78 is 69.5. The Morgan fingerprint density at radius 1 is 1.00 bits per heavy atom. The summed E-state index contributed by atoms with van der Waals surface area (Å²) in [4.78, 5) is 39.7. The molecule has 0 bridgehead atoms. The summed E-state index contributed by atoms with van der Waals surface area (Å²) in [5.74, 6) is -5.34. The summed E-state index contributed by atoms with van der Waals surface area (Å²) in [6.45, 7) is 4.13. The van der Waals surface area contributed by atoms with Gasteiger partial charge in [-0.15, -0.1) is 11.3 Å². The molecular weight excluding hydrogens is 548 g/mol. The maximum absolute atomic E-state index is 12.5. The zero-order chi connectivity index (χ0) is 28.5. The van der Waals surface area contributed by atoms with Crippen LogP contribution in [0.4, 0.5) is 26.3 Å². The van der Waals surface area contributed by atoms with Crippen LogP contribution in [0.15, 0.2) is 42.0 Å². The van der Waals surface area contributed by atoms with Gasteiger partial charge in [0.05, 0.1) is 17.6 Å². The lowest BCUT2D eigenvalue weighted by Gasteiger charge is -2.37. The number of ether oxygens (including phenoxy) is 1. The maximum atomic E-state index is 12.5. The molecule has 2 unspecified atom stereocenters. The van der Waals surface area contributed by atoms with Crippen LogP contribution >= 0.6 is 11.3 Å². The van der Waals surface area contributed by atoms with Gasteiger partial charge in [-0.1, -0.05) is 12.1 Å². The van der Waals surface area contributed by atoms with Gasteiger partial charge in [-0.05, 0) is 29.5 Å². The van der Waals surface area contributed by atoms with Gasteiger partial charge in [0.25, 0.3) is 5.91 Å². The van der Waals surface area contributed by atoms with E-state index in [-0.39, 0.29) is 12.0 Å². The Hall–Kier alpha value is -3.24. The SMILES string of the molecule is O=C(O)C(F)(F)F.O=C(O)C(F)(F)F.O=C(c1cccs1)N1CCN2CC(OCc3cccnc3)CC2C1. The average molecular weight is 571 g/mol. The van der Waals surface area contributed by atoms with E-state index in [9.17, 15) is 31.1 Å². The second-order valence-electron chi connectivity index (χ2n) is 8.01. The molecule has 2 aromatic rings. The molecule has 2 N–H and O–H groups in total. The van der Waals surface area contributed by atoms with Gasteiger partial charge >= 0.3 is 24.3 Å². The molecule has 1 amide bonds. The highest BCUT2D eigenvalue weighted by molar-refractivity contribution is 7.12. The normalized spacial score (nSPS) is 19.4. The number of aliphatic carboxylic acids is 2. The van der Waals surface area contributed by atoms with Gasteiger partial charge < -0.3 is 19.8 Å². The van der Waals surface area contributed by atoms with E-state index in [0.717, 1.165) is 43.0 Å². The Morgan fingerprint density at radius 2 is 1.63 bits per heavy atom. The summed E-state index contributed by atoms with van der Waals surface area (Å²) in [6, 6.07) is 8.24. The molecule has 2 aromatic heterocycles. The van der Waals surface area contributed by atoms with Crippen molar-refractivity contribution in [3.05, 3.63) is 52.5 Å². The first-order chi connectivity index (χ1) is 17.7. The number of nitrogens with zero attached hydrogens (tertiary/aromatic N) is 3. The highest BCUT2D eigenvalue weighted by Crippen LogP contribution is 2.26. The topological polar surface area (TPSA) is 120 Å². The number of aromatic nitrogens is 1. The predicted molar refractivity (Wildman–Crippen MR) is 120 cm³/mol. The van der Waals surface area contributed by atoms with Crippen LogP contribution in [0.5, 0.6) is 0 Å². The molecule has 2 fully saturated rings. The van der Waals surface area contributed by atoms with E-state index < -0.39 is 24.3 Å². The van der Waals surface area contributed by atoms with Crippen molar-refractivity contribution in [3.63, 3.8) is 0 Å². The molecule has 0 aromatic carbocycles. The van der Waals surface area contributed by atoms with Crippen LogP contribution in [0.25, 0.3) is 0 Å². The lowest BCUT2D eigenvalue weighted by molar-refractivity contribution is -0.193. The van der Waals surface area contributed by atoms with E-state index >= 15 is 0 Å². The van der Waals surface area contributed by atoms with Crippen LogP contribution in [0.2, 0.25) is 0 Å². The molecule has 2 aliphatic rings. The number of halogens is 6. The van der Waals surface area contributed by atoms with Crippen molar-refractivity contribution < 1.29 is 55.7 Å². The molecule has 0 aliphatic carbocycles. The van der Waals surface area contributed by atoms with Crippen LogP contribution in [0.3, 0.4) is 0 Å². The minimum atomic E-state index is -5.08. The van der Waals surface area contributed by atoms with Crippen LogP contribution in [-0.2, 0) is 20.9 Å². The highest BCUT2D eigenvalue weighted by Gasteiger charge is 2.39. The second kappa shape index (κ2) is 13.5. The van der Waals surface area contributed by atoms with Gasteiger partial charge in [-0.3, -0.25) is 14.7 Å². The van der Waals surface area contributed by atoms with Crippen molar-refractivity contribution in [1.82, 2.24) is 14.8 Å². The number of piperazine rings is 1. The number of carbonyl (C=O) groups excluding carboxylic acids is 1. The molecule has 2 aliphatic heterocycles. The lowest BCUT2D eigenvalue weighted by Crippen LogP contribution is -2.51. The number of rotatable bonds is 4. The summed E-state index contributed by atoms with van der Waals surface area (Å²) in [7, 11) is 0. The average Bonchev–Trinajstić information content (AvgIpc) is 3.52. The zero-order valence-electron chi connectivity index (χ0n) is 19.5. The number of alkyl halides is 6. The summed E-state index contributed by atoms with van der Waals surface area (Å²) in [6.07, 6.45) is -5.30. The van der Waals surface area contributed by atoms with Crippen molar-refractivity contribution >= 4 is 29.2 Å². The van der Waals surface area contributed by atoms with Crippen LogP contribution in [-0.4, -0.2) is 93.5 Å². The Kier molecular flexibility index (Phi) is 11.0. The zero-order valence-corrected chi connectivity index (χ0v) is 20.3. The third kappa shape index (κ3) is 9.90. The van der Waals surface area contributed by atoms with Crippen molar-refractivity contribution in [2.75, 3.05) is 26.2 Å². The van der Waals surface area contributed by atoms with Crippen molar-refractivity contribution in [3.8, 4) is 0 Å². The molecule has 4 rings (SSSR count). The minimum Gasteiger partial charge on any atom is -0.475 e. The molecule has 210 valence electrons. The summed E-state index contributed by atoms with van der Waals surface area (Å²) >= 11 is 1.52. The summed E-state index contributed by atoms with van der Waals surface area (Å²) in [5, 5.41) is 16.2. The number of hydrogen-bond donors (Lipinski definition) is 2. The molecule has 2 saturated heterocycles. The van der Waals surface area contributed by atoms with E-state index in [0.29, 0.717) is 12.6 Å². The van der Waals surface area contributed by atoms with E-state index in [1.54, 1.807) is 6.20 Å². The van der Waals surface area contributed by atoms with E-state index in [1.165, 1.54) is 11.3 Å². The second-order valence-corrected chi connectivity index (χ2v) is 8.96. The van der Waals surface area contributed by atoms with Crippen LogP contribution in [0, 0.1) is 0 Å². The molecule has 9 nitrogen and oxygen atoms in total. The minimum absolute atomic E-state index is 0.171. The monoisotopic (exact) mass is 571 g/mol. The largest absolute Gasteiger partial charge is 0.490 e. The lowest BCUT2D eigenvalue weighted by atomic mass is 10.1. The maximum Gasteiger partial charge on any atom is 0.490 e. The quantitative estimate of drug-likeness (QED) is 0.535. The number of carboxylic acids is 2. The molecule has 38 heavy (non-hydrogen) atoms. The van der Waals surface area contributed by atoms with E-state index in [4.69, 9.17) is 24.5 Å². The van der Waals surface area contributed by atoms with Crippen molar-refractivity contribution in [1.29, 1.82) is 0 Å². The molecule has 4 heterocycles. The fourth-order valence-electron chi connectivity index (χ4n) is 3.56. The predicted octanol–water partition coefficient (Wildman–Crippen LogP) is 3.53. The Balaban J connectivity index is 0.000000301. The fraction of sp³-hybridized carbons (Fsp3) is 0.455. The number of carbonyl (C=O) groups is 3. The van der Waals surface area contributed by atoms with E-state index in [1.807, 2.05) is 40.7 Å². The first-order valence-electron chi connectivity index (χ1n) is 10.9. The third-order valence-electron chi connectivity index (χ3n) is 5.29. The number of pyridine rings is 1. The number of amides is 1. The number of thiophene rings is 1. The van der Waals surface area contributed by atoms with Crippen LogP contribution in [0.1, 0.15) is 21.7 Å². The van der Waals surface area contributed by atoms with Gasteiger partial charge in [0, 0.05) is 44.6 Å². The van der Waals surface area contributed by atoms with Gasteiger partial charge in [0.2, 0.25) is 0 Å². The highest BCUT2D eigenvalue weighted by atomic mass is 32.1. The third-order valence-corrected chi connectivity index (χ3v) is 6.15. The molecule has 0 saturated carbocycles. The first kappa shape index (κ1) is 31.0. The van der Waals surface area contributed by atoms with Gasteiger partial charge in [0.15, 0.2) is 0 Å². The van der Waals surface area contributed by atoms with Crippen LogP contribution < -0.4 is 0 Å². The fourth-order valence-corrected chi connectivity index (χ4v) is 4.25. The van der Waals surface area contributed by atoms with Gasteiger partial charge in [-0.25, -0.2) is 9.59 Å². The smallest absolute Gasteiger partial charge is 0.475 e. The standard InChI is InChI=1S/C18H21N3O2S.2C2HF3O2/c22-18(17-4-2-8-24-17)21-7-6-20-12-16(9-15(20)11-21)23-13-14-3-1-5-19-10-14;2*3-2(4,5)1(6)7/h1-5,8,10,15-16H,6-7,9,11-13H2;2*(H,6,7). The summed E-state index contributed by atoms with van der Waals surface area (Å²) in [5.41, 5.74) is 1.11. The first-order valence-corrected chi connectivity index (χ1v) is 11.7. The van der Waals surface area contributed by atoms with Gasteiger partial charge in [0.1, 0.15) is 0 Å². The van der Waals surface area contributed by atoms with E-state index in [2.05, 4.69) is 9.88 Å². The Morgan fingerprint density at radius 3 is 2.13 bits per heavy atom. The molecule has 0 spiro atoms. The molecule has 0 radical (unpaired) electrons. The number of hydrogen-bond acceptors (Lipinski definition) is 7. The molecule has 16 heteroatoms. The van der Waals surface area contributed by atoms with Crippen molar-refractivity contribution in [2.45, 2.75) is 37.5 Å². The Labute approximate surface area is 216 Å².